The first kappa shape index (κ1) is 19.4. The molecule has 2 aliphatic rings. The van der Waals surface area contributed by atoms with E-state index in [9.17, 15) is 4.79 Å². The lowest BCUT2D eigenvalue weighted by molar-refractivity contribution is -0.122. The molecule has 3 rings (SSSR count). The smallest absolute Gasteiger partial charge is 0.220 e. The van der Waals surface area contributed by atoms with Gasteiger partial charge >= 0.3 is 0 Å². The highest BCUT2D eigenvalue weighted by atomic mass is 16.5. The van der Waals surface area contributed by atoms with Gasteiger partial charge in [0.2, 0.25) is 5.91 Å². The first-order chi connectivity index (χ1) is 12.5. The molecule has 0 saturated carbocycles. The number of rotatable bonds is 7. The fourth-order valence-electron chi connectivity index (χ4n) is 4.40. The molecule has 1 aromatic heterocycles. The number of nitrogens with zero attached hydrogens (tertiary/aromatic N) is 3. The number of hydrogen-bond acceptors (Lipinski definition) is 4. The van der Waals surface area contributed by atoms with E-state index in [1.165, 1.54) is 31.5 Å². The van der Waals surface area contributed by atoms with Gasteiger partial charge in [-0.15, -0.1) is 0 Å². The van der Waals surface area contributed by atoms with Crippen LogP contribution in [0.5, 0.6) is 0 Å². The Bertz CT molecular complexity index is 614. The van der Waals surface area contributed by atoms with Gasteiger partial charge < -0.3 is 15.0 Å². The third-order valence-electron chi connectivity index (χ3n) is 6.23. The Morgan fingerprint density at radius 3 is 2.54 bits per heavy atom. The summed E-state index contributed by atoms with van der Waals surface area (Å²) < 4.78 is 7.49. The number of carbonyl (C=O) groups is 1. The molecular formula is C20H34N4O2. The van der Waals surface area contributed by atoms with Gasteiger partial charge in [-0.1, -0.05) is 0 Å². The molecule has 6 nitrogen and oxygen atoms in total. The maximum absolute atomic E-state index is 12.5. The van der Waals surface area contributed by atoms with Gasteiger partial charge in [-0.05, 0) is 64.6 Å². The van der Waals surface area contributed by atoms with Crippen molar-refractivity contribution in [3.8, 4) is 0 Å². The fourth-order valence-corrected chi connectivity index (χ4v) is 4.40. The molecule has 3 heterocycles. The highest BCUT2D eigenvalue weighted by molar-refractivity contribution is 5.76. The second kappa shape index (κ2) is 8.53. The first-order valence-corrected chi connectivity index (χ1v) is 10.0. The number of likely N-dealkylation sites (tertiary alicyclic amines) is 1. The van der Waals surface area contributed by atoms with Crippen molar-refractivity contribution in [3.05, 3.63) is 17.0 Å². The molecule has 0 aliphatic carbocycles. The number of ether oxygens (including phenoxy) is 1. The van der Waals surface area contributed by atoms with Crippen molar-refractivity contribution >= 4 is 5.91 Å². The van der Waals surface area contributed by atoms with Crippen LogP contribution in [0.25, 0.3) is 0 Å². The van der Waals surface area contributed by atoms with Crippen LogP contribution >= 0.6 is 0 Å². The summed E-state index contributed by atoms with van der Waals surface area (Å²) in [6.07, 6.45) is 6.00. The zero-order valence-corrected chi connectivity index (χ0v) is 16.6. The average molecular weight is 363 g/mol. The number of carbonyl (C=O) groups excluding carboxylic acids is 1. The second-order valence-corrected chi connectivity index (χ2v) is 8.15. The molecule has 2 saturated heterocycles. The number of amides is 1. The molecule has 2 fully saturated rings. The maximum atomic E-state index is 12.5. The minimum absolute atomic E-state index is 0.153. The van der Waals surface area contributed by atoms with E-state index in [0.717, 1.165) is 57.0 Å². The molecule has 146 valence electrons. The Balaban J connectivity index is 1.52. The van der Waals surface area contributed by atoms with Gasteiger partial charge in [0.05, 0.1) is 5.69 Å². The van der Waals surface area contributed by atoms with E-state index in [-0.39, 0.29) is 11.3 Å². The van der Waals surface area contributed by atoms with E-state index in [4.69, 9.17) is 4.74 Å². The van der Waals surface area contributed by atoms with E-state index in [1.807, 2.05) is 18.7 Å². The fraction of sp³-hybridized carbons (Fsp3) is 0.800. The van der Waals surface area contributed by atoms with Crippen LogP contribution in [0.4, 0.5) is 0 Å². The van der Waals surface area contributed by atoms with Gasteiger partial charge in [0.1, 0.15) is 0 Å². The number of nitrogens with one attached hydrogen (secondary N) is 1. The third kappa shape index (κ3) is 4.65. The minimum Gasteiger partial charge on any atom is -0.381 e. The van der Waals surface area contributed by atoms with E-state index in [2.05, 4.69) is 22.2 Å². The molecule has 0 aromatic carbocycles. The molecule has 1 amide bonds. The highest BCUT2D eigenvalue weighted by Crippen LogP contribution is 2.32. The van der Waals surface area contributed by atoms with Gasteiger partial charge in [-0.3, -0.25) is 9.48 Å². The number of hydrogen-bond donors (Lipinski definition) is 1. The lowest BCUT2D eigenvalue weighted by atomic mass is 9.79. The lowest BCUT2D eigenvalue weighted by Gasteiger charge is -2.40. The molecule has 26 heavy (non-hydrogen) atoms. The van der Waals surface area contributed by atoms with Crippen LogP contribution in [-0.2, 0) is 23.0 Å². The highest BCUT2D eigenvalue weighted by Gasteiger charge is 2.35. The van der Waals surface area contributed by atoms with Crippen LogP contribution in [0.3, 0.4) is 0 Å². The van der Waals surface area contributed by atoms with Crippen molar-refractivity contribution < 1.29 is 9.53 Å². The molecular weight excluding hydrogens is 328 g/mol. The predicted molar refractivity (Wildman–Crippen MR) is 102 cm³/mol. The van der Waals surface area contributed by atoms with Crippen LogP contribution in [0.2, 0.25) is 0 Å². The van der Waals surface area contributed by atoms with Gasteiger partial charge in [-0.25, -0.2) is 0 Å². The predicted octanol–water partition coefficient (Wildman–Crippen LogP) is 1.98. The SMILES string of the molecule is Cc1nn(C)c(C)c1CCC(=O)NCC1(CN2CCCC2)CCOCC1. The summed E-state index contributed by atoms with van der Waals surface area (Å²) >= 11 is 0. The van der Waals surface area contributed by atoms with Crippen molar-refractivity contribution in [1.82, 2.24) is 20.0 Å². The monoisotopic (exact) mass is 362 g/mol. The summed E-state index contributed by atoms with van der Waals surface area (Å²) in [5.41, 5.74) is 3.58. The van der Waals surface area contributed by atoms with E-state index in [1.54, 1.807) is 0 Å². The van der Waals surface area contributed by atoms with E-state index >= 15 is 0 Å². The minimum atomic E-state index is 0.153. The summed E-state index contributed by atoms with van der Waals surface area (Å²) in [5, 5.41) is 7.68. The van der Waals surface area contributed by atoms with Crippen LogP contribution in [0, 0.1) is 19.3 Å². The summed E-state index contributed by atoms with van der Waals surface area (Å²) in [7, 11) is 1.96. The van der Waals surface area contributed by atoms with E-state index in [0.29, 0.717) is 6.42 Å². The molecule has 2 aliphatic heterocycles. The molecule has 6 heteroatoms. The summed E-state index contributed by atoms with van der Waals surface area (Å²) in [4.78, 5) is 15.1. The van der Waals surface area contributed by atoms with Crippen molar-refractivity contribution in [2.75, 3.05) is 39.4 Å². The molecule has 0 bridgehead atoms. The second-order valence-electron chi connectivity index (χ2n) is 8.15. The largest absolute Gasteiger partial charge is 0.381 e. The Labute approximate surface area is 157 Å². The van der Waals surface area contributed by atoms with Crippen LogP contribution in [0.15, 0.2) is 0 Å². The third-order valence-corrected chi connectivity index (χ3v) is 6.23. The average Bonchev–Trinajstić information content (AvgIpc) is 3.21. The van der Waals surface area contributed by atoms with Crippen LogP contribution < -0.4 is 5.32 Å². The Kier molecular flexibility index (Phi) is 6.35. The van der Waals surface area contributed by atoms with E-state index < -0.39 is 0 Å². The normalized spacial score (nSPS) is 20.4. The standard InChI is InChI=1S/C20H34N4O2/c1-16-18(17(2)23(3)22-16)6-7-19(25)21-14-20(8-12-26-13-9-20)15-24-10-4-5-11-24/h4-15H2,1-3H3,(H,21,25). The van der Waals surface area contributed by atoms with Crippen molar-refractivity contribution in [2.45, 2.75) is 52.4 Å². The van der Waals surface area contributed by atoms with Gasteiger partial charge in [0, 0.05) is 50.9 Å². The van der Waals surface area contributed by atoms with Crippen molar-refractivity contribution in [1.29, 1.82) is 0 Å². The lowest BCUT2D eigenvalue weighted by Crippen LogP contribution is -2.48. The van der Waals surface area contributed by atoms with Crippen LogP contribution in [-0.4, -0.2) is 60.0 Å². The quantitative estimate of drug-likeness (QED) is 0.806. The maximum Gasteiger partial charge on any atom is 0.220 e. The zero-order valence-electron chi connectivity index (χ0n) is 16.6. The van der Waals surface area contributed by atoms with Gasteiger partial charge in [-0.2, -0.15) is 5.10 Å². The zero-order chi connectivity index (χ0) is 18.6. The number of aryl methyl sites for hydroxylation is 2. The Hall–Kier alpha value is -1.40. The summed E-state index contributed by atoms with van der Waals surface area (Å²) in [6.45, 7) is 10.0. The molecule has 1 aromatic rings. The topological polar surface area (TPSA) is 59.4 Å². The van der Waals surface area contributed by atoms with Gasteiger partial charge in [0.25, 0.3) is 0 Å². The first-order valence-electron chi connectivity index (χ1n) is 10.0. The van der Waals surface area contributed by atoms with Crippen molar-refractivity contribution in [3.63, 3.8) is 0 Å². The molecule has 0 atom stereocenters. The van der Waals surface area contributed by atoms with Crippen LogP contribution in [0.1, 0.15) is 49.1 Å². The Morgan fingerprint density at radius 2 is 1.92 bits per heavy atom. The molecule has 0 radical (unpaired) electrons. The molecule has 0 unspecified atom stereocenters. The van der Waals surface area contributed by atoms with Gasteiger partial charge in [0.15, 0.2) is 0 Å². The summed E-state index contributed by atoms with van der Waals surface area (Å²) in [5.74, 6) is 0.153. The molecule has 0 spiro atoms. The Morgan fingerprint density at radius 1 is 1.23 bits per heavy atom. The van der Waals surface area contributed by atoms with Crippen molar-refractivity contribution in [2.24, 2.45) is 12.5 Å². The molecule has 1 N–H and O–H groups in total. The number of aromatic nitrogens is 2. The summed E-state index contributed by atoms with van der Waals surface area (Å²) in [6, 6.07) is 0.